The molecule has 0 radical (unpaired) electrons. The van der Waals surface area contributed by atoms with Gasteiger partial charge in [0.15, 0.2) is 0 Å². The Kier molecular flexibility index (Phi) is 3.29. The van der Waals surface area contributed by atoms with E-state index >= 15 is 0 Å². The molecule has 6 heteroatoms. The molecule has 2 aromatic carbocycles. The van der Waals surface area contributed by atoms with Crippen LogP contribution in [0.1, 0.15) is 29.6 Å². The van der Waals surface area contributed by atoms with Gasteiger partial charge >= 0.3 is 0 Å². The van der Waals surface area contributed by atoms with Crippen molar-refractivity contribution in [3.8, 4) is 0 Å². The number of fused-ring (bicyclic) bond motifs is 1. The fourth-order valence-corrected chi connectivity index (χ4v) is 3.04. The first kappa shape index (κ1) is 13.9. The molecule has 4 rings (SSSR count). The fourth-order valence-electron chi connectivity index (χ4n) is 3.04. The molecule has 116 valence electrons. The van der Waals surface area contributed by atoms with E-state index in [0.29, 0.717) is 17.9 Å². The van der Waals surface area contributed by atoms with Crippen molar-refractivity contribution in [1.29, 1.82) is 0 Å². The molecule has 3 aromatic rings. The highest BCUT2D eigenvalue weighted by atomic mass is 19.1. The highest BCUT2D eigenvalue weighted by Crippen LogP contribution is 2.37. The van der Waals surface area contributed by atoms with Crippen molar-refractivity contribution in [1.82, 2.24) is 14.8 Å². The first-order valence-corrected chi connectivity index (χ1v) is 7.38. The molecule has 1 aromatic heterocycles. The van der Waals surface area contributed by atoms with Gasteiger partial charge in [0.1, 0.15) is 18.0 Å². The number of rotatable bonds is 2. The van der Waals surface area contributed by atoms with Gasteiger partial charge in [0, 0.05) is 5.56 Å². The molecule has 2 atom stereocenters. The Balaban J connectivity index is 1.75. The van der Waals surface area contributed by atoms with Crippen LogP contribution in [0.25, 0.3) is 0 Å². The van der Waals surface area contributed by atoms with E-state index in [4.69, 9.17) is 0 Å². The molecular formula is C17H14F2N4. The summed E-state index contributed by atoms with van der Waals surface area (Å²) in [6.45, 7) is 0. The van der Waals surface area contributed by atoms with Crippen LogP contribution in [0, 0.1) is 11.6 Å². The van der Waals surface area contributed by atoms with E-state index in [-0.39, 0.29) is 23.7 Å². The van der Waals surface area contributed by atoms with Crippen LogP contribution in [-0.2, 0) is 0 Å². The minimum absolute atomic E-state index is 0.0862. The lowest BCUT2D eigenvalue weighted by Gasteiger charge is -2.32. The molecule has 0 unspecified atom stereocenters. The molecule has 1 N–H and O–H groups in total. The molecule has 1 aliphatic heterocycles. The summed E-state index contributed by atoms with van der Waals surface area (Å²) in [4.78, 5) is 4.20. The lowest BCUT2D eigenvalue weighted by Crippen LogP contribution is -2.28. The Hall–Kier alpha value is -2.76. The average molecular weight is 312 g/mol. The number of nitrogens with one attached hydrogen (secondary N) is 1. The molecule has 1 aliphatic rings. The van der Waals surface area contributed by atoms with Crippen LogP contribution in [0.2, 0.25) is 0 Å². The smallest absolute Gasteiger partial charge is 0.222 e. The minimum atomic E-state index is -0.279. The Morgan fingerprint density at radius 1 is 1.04 bits per heavy atom. The molecule has 4 nitrogen and oxygen atoms in total. The second-order valence-electron chi connectivity index (χ2n) is 5.55. The highest BCUT2D eigenvalue weighted by molar-refractivity contribution is 5.38. The summed E-state index contributed by atoms with van der Waals surface area (Å²) < 4.78 is 29.1. The van der Waals surface area contributed by atoms with Crippen LogP contribution in [0.3, 0.4) is 0 Å². The number of hydrogen-bond acceptors (Lipinski definition) is 3. The third-order valence-electron chi connectivity index (χ3n) is 4.17. The number of anilines is 1. The summed E-state index contributed by atoms with van der Waals surface area (Å²) in [5.41, 5.74) is 1.51. The van der Waals surface area contributed by atoms with E-state index in [9.17, 15) is 8.78 Å². The van der Waals surface area contributed by atoms with Gasteiger partial charge in [0.05, 0.1) is 12.1 Å². The van der Waals surface area contributed by atoms with Gasteiger partial charge in [-0.1, -0.05) is 30.3 Å². The van der Waals surface area contributed by atoms with Crippen molar-refractivity contribution >= 4 is 5.95 Å². The minimum Gasteiger partial charge on any atom is -0.348 e. The maximum Gasteiger partial charge on any atom is 0.222 e. The third-order valence-corrected chi connectivity index (χ3v) is 4.17. The molecule has 0 saturated carbocycles. The fraction of sp³-hybridized carbons (Fsp3) is 0.176. The van der Waals surface area contributed by atoms with Crippen LogP contribution in [0.4, 0.5) is 14.7 Å². The number of hydrogen-bond donors (Lipinski definition) is 1. The Morgan fingerprint density at radius 3 is 2.61 bits per heavy atom. The van der Waals surface area contributed by atoms with Crippen LogP contribution in [-0.4, -0.2) is 14.8 Å². The van der Waals surface area contributed by atoms with Crippen molar-refractivity contribution in [2.24, 2.45) is 0 Å². The van der Waals surface area contributed by atoms with Crippen LogP contribution in [0.5, 0.6) is 0 Å². The maximum absolute atomic E-state index is 14.2. The Morgan fingerprint density at radius 2 is 1.83 bits per heavy atom. The number of nitrogens with zero attached hydrogens (tertiary/aromatic N) is 3. The second kappa shape index (κ2) is 5.46. The van der Waals surface area contributed by atoms with Gasteiger partial charge in [-0.3, -0.25) is 0 Å². The zero-order valence-electron chi connectivity index (χ0n) is 12.2. The van der Waals surface area contributed by atoms with Crippen LogP contribution in [0.15, 0.2) is 54.9 Å². The van der Waals surface area contributed by atoms with E-state index in [1.807, 2.05) is 6.07 Å². The molecule has 0 aliphatic carbocycles. The first-order valence-electron chi connectivity index (χ1n) is 7.38. The normalized spacial score (nSPS) is 19.9. The summed E-state index contributed by atoms with van der Waals surface area (Å²) in [6.07, 6.45) is 2.05. The van der Waals surface area contributed by atoms with Crippen molar-refractivity contribution < 1.29 is 8.78 Å². The van der Waals surface area contributed by atoms with Crippen molar-refractivity contribution in [3.05, 3.63) is 77.6 Å². The number of halogens is 2. The summed E-state index contributed by atoms with van der Waals surface area (Å²) in [6, 6.07) is 12.7. The largest absolute Gasteiger partial charge is 0.348 e. The zero-order chi connectivity index (χ0) is 15.8. The van der Waals surface area contributed by atoms with E-state index < -0.39 is 0 Å². The molecule has 0 spiro atoms. The third kappa shape index (κ3) is 2.46. The lowest BCUT2D eigenvalue weighted by atomic mass is 9.93. The van der Waals surface area contributed by atoms with Gasteiger partial charge in [-0.2, -0.15) is 10.1 Å². The number of benzene rings is 2. The summed E-state index contributed by atoms with van der Waals surface area (Å²) >= 11 is 0. The molecule has 0 saturated heterocycles. The first-order chi connectivity index (χ1) is 11.2. The van der Waals surface area contributed by atoms with Gasteiger partial charge in [-0.05, 0) is 30.2 Å². The van der Waals surface area contributed by atoms with Gasteiger partial charge in [-0.25, -0.2) is 13.5 Å². The van der Waals surface area contributed by atoms with Crippen molar-refractivity contribution in [3.63, 3.8) is 0 Å². The highest BCUT2D eigenvalue weighted by Gasteiger charge is 2.31. The summed E-state index contributed by atoms with van der Waals surface area (Å²) in [5, 5.41) is 7.49. The van der Waals surface area contributed by atoms with E-state index in [0.717, 1.165) is 5.56 Å². The molecule has 23 heavy (non-hydrogen) atoms. The van der Waals surface area contributed by atoms with E-state index in [1.165, 1.54) is 24.5 Å². The van der Waals surface area contributed by atoms with Gasteiger partial charge in [0.25, 0.3) is 0 Å². The van der Waals surface area contributed by atoms with Gasteiger partial charge < -0.3 is 5.32 Å². The van der Waals surface area contributed by atoms with Crippen molar-refractivity contribution in [2.75, 3.05) is 5.32 Å². The predicted octanol–water partition coefficient (Wildman–Crippen LogP) is 3.70. The summed E-state index contributed by atoms with van der Waals surface area (Å²) in [7, 11) is 0. The van der Waals surface area contributed by atoms with Gasteiger partial charge in [0.2, 0.25) is 5.95 Å². The SMILES string of the molecule is Fc1ccc([C@@H]2C[C@H](c3ccccc3F)n3ncnc3N2)cc1. The van der Waals surface area contributed by atoms with E-state index in [1.54, 1.807) is 28.9 Å². The predicted molar refractivity (Wildman–Crippen MR) is 81.9 cm³/mol. The van der Waals surface area contributed by atoms with Crippen LogP contribution < -0.4 is 5.32 Å². The second-order valence-corrected chi connectivity index (χ2v) is 5.55. The zero-order valence-corrected chi connectivity index (χ0v) is 12.2. The van der Waals surface area contributed by atoms with Crippen LogP contribution >= 0.6 is 0 Å². The molecule has 0 amide bonds. The Bertz CT molecular complexity index is 829. The van der Waals surface area contributed by atoms with Gasteiger partial charge in [-0.15, -0.1) is 0 Å². The lowest BCUT2D eigenvalue weighted by molar-refractivity contribution is 0.415. The monoisotopic (exact) mass is 312 g/mol. The average Bonchev–Trinajstić information content (AvgIpc) is 3.04. The molecule has 0 bridgehead atoms. The van der Waals surface area contributed by atoms with E-state index in [2.05, 4.69) is 15.4 Å². The maximum atomic E-state index is 14.2. The van der Waals surface area contributed by atoms with Crippen molar-refractivity contribution in [2.45, 2.75) is 18.5 Å². The standard InChI is InChI=1S/C17H14F2N4/c18-12-7-5-11(6-8-12)15-9-16(13-3-1-2-4-14(13)19)23-17(22-15)20-10-21-23/h1-8,10,15-16H,9H2,(H,20,21,22)/t15-,16+/m0/s1. The topological polar surface area (TPSA) is 42.7 Å². The molecular weight excluding hydrogens is 298 g/mol. The summed E-state index contributed by atoms with van der Waals surface area (Å²) in [5.74, 6) is 0.0379. The number of aromatic nitrogens is 3. The quantitative estimate of drug-likeness (QED) is 0.784. The molecule has 2 heterocycles. The Labute approximate surface area is 131 Å². The molecule has 0 fully saturated rings.